The number of thioether (sulfide) groups is 1. The third-order valence-electron chi connectivity index (χ3n) is 2.45. The number of benzene rings is 1. The number of carbonyl (C=O) groups excluding carboxylic acids is 2. The van der Waals surface area contributed by atoms with Crippen LogP contribution >= 0.6 is 23.1 Å². The quantitative estimate of drug-likeness (QED) is 0.843. The molecule has 0 atom stereocenters. The van der Waals surface area contributed by atoms with Gasteiger partial charge in [0.15, 0.2) is 16.8 Å². The number of nitrogens with two attached hydrogens (primary N) is 1. The molecule has 0 aliphatic carbocycles. The summed E-state index contributed by atoms with van der Waals surface area (Å²) in [6, 6.07) is 2.89. The molecule has 1 aromatic carbocycles. The maximum Gasteiger partial charge on any atom is 0.257 e. The summed E-state index contributed by atoms with van der Waals surface area (Å²) in [7, 11) is 0. The smallest absolute Gasteiger partial charge is 0.257 e. The minimum Gasteiger partial charge on any atom is -0.369 e. The average Bonchev–Trinajstić information content (AvgIpc) is 2.89. The lowest BCUT2D eigenvalue weighted by molar-refractivity contribution is -0.115. The van der Waals surface area contributed by atoms with Crippen LogP contribution in [0.4, 0.5) is 13.9 Å². The van der Waals surface area contributed by atoms with Gasteiger partial charge in [0.25, 0.3) is 5.91 Å². The minimum atomic E-state index is -1.09. The number of nitrogens with one attached hydrogen (secondary N) is 1. The number of hydrogen-bond acceptors (Lipinski definition) is 5. The van der Waals surface area contributed by atoms with E-state index in [1.807, 2.05) is 0 Å². The standard InChI is InChI=1S/C13H11F2N3O2S2/c14-9-2-1-7(3-10(9)15)12(20)18-13-17-8(5-22-13)4-21-6-11(16)19/h1-3,5H,4,6H2,(H2,16,19)(H,17,18,20). The summed E-state index contributed by atoms with van der Waals surface area (Å²) in [5, 5.41) is 4.57. The minimum absolute atomic E-state index is 0.00115. The Hall–Kier alpha value is -2.00. The summed E-state index contributed by atoms with van der Waals surface area (Å²) < 4.78 is 25.9. The van der Waals surface area contributed by atoms with Crippen molar-refractivity contribution < 1.29 is 18.4 Å². The molecule has 2 aromatic rings. The Bertz CT molecular complexity index is 706. The molecule has 0 radical (unpaired) electrons. The van der Waals surface area contributed by atoms with E-state index in [2.05, 4.69) is 10.3 Å². The first-order valence-corrected chi connectivity index (χ1v) is 8.06. The van der Waals surface area contributed by atoms with Crippen molar-refractivity contribution in [1.82, 2.24) is 4.98 Å². The number of carbonyl (C=O) groups is 2. The fourth-order valence-electron chi connectivity index (χ4n) is 1.49. The van der Waals surface area contributed by atoms with Crippen LogP contribution in [0.15, 0.2) is 23.6 Å². The molecule has 0 aliphatic heterocycles. The van der Waals surface area contributed by atoms with Crippen molar-refractivity contribution in [3.63, 3.8) is 0 Å². The highest BCUT2D eigenvalue weighted by Crippen LogP contribution is 2.20. The Balaban J connectivity index is 1.95. The van der Waals surface area contributed by atoms with Crippen molar-refractivity contribution in [2.24, 2.45) is 5.73 Å². The van der Waals surface area contributed by atoms with Gasteiger partial charge in [0, 0.05) is 16.7 Å². The molecule has 0 fully saturated rings. The summed E-state index contributed by atoms with van der Waals surface area (Å²) in [6.45, 7) is 0. The molecular formula is C13H11F2N3O2S2. The Morgan fingerprint density at radius 3 is 2.77 bits per heavy atom. The number of hydrogen-bond donors (Lipinski definition) is 2. The lowest BCUT2D eigenvalue weighted by Gasteiger charge is -2.02. The maximum absolute atomic E-state index is 13.1. The summed E-state index contributed by atoms with van der Waals surface area (Å²) in [5.74, 6) is -2.42. The molecule has 2 amide bonds. The topological polar surface area (TPSA) is 85.1 Å². The van der Waals surface area contributed by atoms with Gasteiger partial charge in [-0.05, 0) is 18.2 Å². The summed E-state index contributed by atoms with van der Waals surface area (Å²) in [6.07, 6.45) is 0. The van der Waals surface area contributed by atoms with Gasteiger partial charge in [0.1, 0.15) is 0 Å². The Labute approximate surface area is 132 Å². The van der Waals surface area contributed by atoms with E-state index in [0.717, 1.165) is 12.1 Å². The molecule has 0 bridgehead atoms. The van der Waals surface area contributed by atoms with Gasteiger partial charge in [-0.25, -0.2) is 13.8 Å². The van der Waals surface area contributed by atoms with Crippen molar-refractivity contribution in [1.29, 1.82) is 0 Å². The van der Waals surface area contributed by atoms with Crippen LogP contribution in [0, 0.1) is 11.6 Å². The average molecular weight is 343 g/mol. The fourth-order valence-corrected chi connectivity index (χ4v) is 2.96. The van der Waals surface area contributed by atoms with Crippen LogP contribution in [0.1, 0.15) is 16.1 Å². The molecule has 0 unspecified atom stereocenters. The molecular weight excluding hydrogens is 332 g/mol. The van der Waals surface area contributed by atoms with Crippen LogP contribution in [0.5, 0.6) is 0 Å². The van der Waals surface area contributed by atoms with Crippen molar-refractivity contribution in [2.45, 2.75) is 5.75 Å². The molecule has 5 nitrogen and oxygen atoms in total. The van der Waals surface area contributed by atoms with Crippen molar-refractivity contribution >= 4 is 40.0 Å². The number of aromatic nitrogens is 1. The number of thiazole rings is 1. The van der Waals surface area contributed by atoms with Crippen LogP contribution in [0.3, 0.4) is 0 Å². The van der Waals surface area contributed by atoms with Crippen LogP contribution in [0.25, 0.3) is 0 Å². The van der Waals surface area contributed by atoms with Gasteiger partial charge in [-0.15, -0.1) is 23.1 Å². The highest BCUT2D eigenvalue weighted by Gasteiger charge is 2.12. The summed E-state index contributed by atoms with van der Waals surface area (Å²) in [5.41, 5.74) is 5.71. The largest absolute Gasteiger partial charge is 0.369 e. The summed E-state index contributed by atoms with van der Waals surface area (Å²) >= 11 is 2.51. The van der Waals surface area contributed by atoms with E-state index in [1.54, 1.807) is 5.38 Å². The number of nitrogens with zero attached hydrogens (tertiary/aromatic N) is 1. The van der Waals surface area contributed by atoms with Crippen LogP contribution in [-0.4, -0.2) is 22.6 Å². The highest BCUT2D eigenvalue weighted by molar-refractivity contribution is 7.99. The summed E-state index contributed by atoms with van der Waals surface area (Å²) in [4.78, 5) is 26.7. The molecule has 3 N–H and O–H groups in total. The molecule has 9 heteroatoms. The first-order valence-electron chi connectivity index (χ1n) is 6.02. The second-order valence-corrected chi connectivity index (χ2v) is 6.03. The van der Waals surface area contributed by atoms with E-state index in [-0.39, 0.29) is 11.3 Å². The number of halogens is 2. The zero-order valence-electron chi connectivity index (χ0n) is 11.1. The molecule has 1 aromatic heterocycles. The zero-order chi connectivity index (χ0) is 16.1. The predicted octanol–water partition coefficient (Wildman–Crippen LogP) is 2.39. The van der Waals surface area contributed by atoms with Crippen LogP contribution in [0.2, 0.25) is 0 Å². The molecule has 0 aliphatic rings. The second-order valence-electron chi connectivity index (χ2n) is 4.19. The van der Waals surface area contributed by atoms with Gasteiger partial charge in [0.05, 0.1) is 11.4 Å². The van der Waals surface area contributed by atoms with E-state index in [1.165, 1.54) is 29.2 Å². The van der Waals surface area contributed by atoms with E-state index < -0.39 is 23.4 Å². The van der Waals surface area contributed by atoms with E-state index in [0.29, 0.717) is 16.6 Å². The SMILES string of the molecule is NC(=O)CSCc1csc(NC(=O)c2ccc(F)c(F)c2)n1. The van der Waals surface area contributed by atoms with E-state index in [4.69, 9.17) is 5.73 Å². The van der Waals surface area contributed by atoms with Gasteiger partial charge < -0.3 is 5.73 Å². The number of anilines is 1. The predicted molar refractivity (Wildman–Crippen MR) is 81.8 cm³/mol. The van der Waals surface area contributed by atoms with Crippen LogP contribution < -0.4 is 11.1 Å². The van der Waals surface area contributed by atoms with Crippen molar-refractivity contribution in [3.8, 4) is 0 Å². The van der Waals surface area contributed by atoms with Gasteiger partial charge in [-0.1, -0.05) is 0 Å². The molecule has 1 heterocycles. The molecule has 116 valence electrons. The third-order valence-corrected chi connectivity index (χ3v) is 4.24. The third kappa shape index (κ3) is 4.50. The van der Waals surface area contributed by atoms with Crippen molar-refractivity contribution in [2.75, 3.05) is 11.1 Å². The first kappa shape index (κ1) is 16.4. The molecule has 2 rings (SSSR count). The Morgan fingerprint density at radius 2 is 2.09 bits per heavy atom. The lowest BCUT2D eigenvalue weighted by atomic mass is 10.2. The zero-order valence-corrected chi connectivity index (χ0v) is 12.8. The number of amides is 2. The van der Waals surface area contributed by atoms with E-state index >= 15 is 0 Å². The maximum atomic E-state index is 13.1. The monoisotopic (exact) mass is 343 g/mol. The van der Waals surface area contributed by atoms with E-state index in [9.17, 15) is 18.4 Å². The van der Waals surface area contributed by atoms with Gasteiger partial charge in [0.2, 0.25) is 5.91 Å². The Morgan fingerprint density at radius 1 is 1.32 bits per heavy atom. The van der Waals surface area contributed by atoms with Gasteiger partial charge in [-0.3, -0.25) is 14.9 Å². The van der Waals surface area contributed by atoms with Crippen LogP contribution in [-0.2, 0) is 10.5 Å². The second kappa shape index (κ2) is 7.32. The number of primary amides is 1. The Kier molecular flexibility index (Phi) is 5.45. The van der Waals surface area contributed by atoms with Crippen molar-refractivity contribution in [3.05, 3.63) is 46.5 Å². The normalized spacial score (nSPS) is 10.5. The molecule has 22 heavy (non-hydrogen) atoms. The molecule has 0 saturated carbocycles. The lowest BCUT2D eigenvalue weighted by Crippen LogP contribution is -2.13. The van der Waals surface area contributed by atoms with Gasteiger partial charge >= 0.3 is 0 Å². The first-order chi connectivity index (χ1) is 10.5. The molecule has 0 saturated heterocycles. The molecule has 0 spiro atoms. The number of rotatable bonds is 6. The van der Waals surface area contributed by atoms with Gasteiger partial charge in [-0.2, -0.15) is 0 Å². The highest BCUT2D eigenvalue weighted by atomic mass is 32.2. The fraction of sp³-hybridized carbons (Fsp3) is 0.154.